The lowest BCUT2D eigenvalue weighted by Crippen LogP contribution is -2.22. The van der Waals surface area contributed by atoms with Gasteiger partial charge in [-0.15, -0.1) is 0 Å². The maximum atomic E-state index is 11.0. The Hall–Kier alpha value is -1.82. The molecule has 0 saturated carbocycles. The summed E-state index contributed by atoms with van der Waals surface area (Å²) in [5.74, 6) is 0.420. The van der Waals surface area contributed by atoms with E-state index < -0.39 is 6.09 Å². The van der Waals surface area contributed by atoms with Crippen LogP contribution >= 0.6 is 12.2 Å². The Bertz CT molecular complexity index is 362. The fourth-order valence-corrected chi connectivity index (χ4v) is 1.08. The molecule has 0 heterocycles. The van der Waals surface area contributed by atoms with Crippen molar-refractivity contribution in [3.8, 4) is 5.75 Å². The van der Waals surface area contributed by atoms with Gasteiger partial charge in [0.05, 0.1) is 7.11 Å². The van der Waals surface area contributed by atoms with E-state index >= 15 is 0 Å². The van der Waals surface area contributed by atoms with E-state index in [1.165, 1.54) is 14.2 Å². The van der Waals surface area contributed by atoms with Crippen LogP contribution in [-0.4, -0.2) is 25.4 Å². The third kappa shape index (κ3) is 3.74. The van der Waals surface area contributed by atoms with Gasteiger partial charge in [0.2, 0.25) is 0 Å². The third-order valence-corrected chi connectivity index (χ3v) is 1.95. The van der Waals surface area contributed by atoms with Crippen molar-refractivity contribution >= 4 is 29.2 Å². The molecule has 86 valence electrons. The number of hydrogen-bond donors (Lipinski definition) is 2. The Balaban J connectivity index is 2.71. The summed E-state index contributed by atoms with van der Waals surface area (Å²) in [4.78, 5) is 11.0. The molecule has 0 bridgehead atoms. The molecule has 0 unspecified atom stereocenters. The van der Waals surface area contributed by atoms with E-state index in [4.69, 9.17) is 21.7 Å². The number of anilines is 1. The average molecular weight is 240 g/mol. The minimum Gasteiger partial charge on any atom is -0.474 e. The quantitative estimate of drug-likeness (QED) is 0.771. The number of carbonyl (C=O) groups is 1. The lowest BCUT2D eigenvalue weighted by atomic mass is 10.3. The molecule has 0 aliphatic heterocycles. The first kappa shape index (κ1) is 12.3. The Kier molecular flexibility index (Phi) is 4.53. The summed E-state index contributed by atoms with van der Waals surface area (Å²) in [5, 5.41) is 5.42. The minimum atomic E-state index is -0.522. The molecule has 0 aliphatic carbocycles. The zero-order valence-corrected chi connectivity index (χ0v) is 9.76. The second-order valence-corrected chi connectivity index (χ2v) is 3.15. The van der Waals surface area contributed by atoms with Crippen LogP contribution in [0.1, 0.15) is 0 Å². The number of benzene rings is 1. The number of nitrogens with one attached hydrogen (secondary N) is 2. The topological polar surface area (TPSA) is 59.6 Å². The van der Waals surface area contributed by atoms with Crippen LogP contribution in [0.3, 0.4) is 0 Å². The highest BCUT2D eigenvalue weighted by Crippen LogP contribution is 2.17. The zero-order chi connectivity index (χ0) is 12.0. The Morgan fingerprint density at radius 1 is 1.44 bits per heavy atom. The van der Waals surface area contributed by atoms with E-state index in [1.54, 1.807) is 24.3 Å². The molecule has 0 aromatic heterocycles. The SMILES string of the molecule is CNC(=O)Oc1cccc(NC(=S)OC)c1. The van der Waals surface area contributed by atoms with Crippen molar-refractivity contribution < 1.29 is 14.3 Å². The van der Waals surface area contributed by atoms with Gasteiger partial charge >= 0.3 is 6.09 Å². The largest absolute Gasteiger partial charge is 0.474 e. The highest BCUT2D eigenvalue weighted by molar-refractivity contribution is 7.80. The molecule has 1 rings (SSSR count). The van der Waals surface area contributed by atoms with Gasteiger partial charge in [-0.2, -0.15) is 0 Å². The molecule has 1 aromatic rings. The van der Waals surface area contributed by atoms with Gasteiger partial charge in [0.25, 0.3) is 5.17 Å². The highest BCUT2D eigenvalue weighted by Gasteiger charge is 2.03. The molecule has 0 radical (unpaired) electrons. The van der Waals surface area contributed by atoms with Crippen LogP contribution in [0.4, 0.5) is 10.5 Å². The van der Waals surface area contributed by atoms with Crippen LogP contribution in [0.25, 0.3) is 0 Å². The summed E-state index contributed by atoms with van der Waals surface area (Å²) in [6, 6.07) is 6.82. The number of hydrogen-bond acceptors (Lipinski definition) is 4. The van der Waals surface area contributed by atoms with E-state index in [-0.39, 0.29) is 5.17 Å². The van der Waals surface area contributed by atoms with Crippen LogP contribution in [0.15, 0.2) is 24.3 Å². The first-order chi connectivity index (χ1) is 7.65. The maximum Gasteiger partial charge on any atom is 0.412 e. The highest BCUT2D eigenvalue weighted by atomic mass is 32.1. The molecule has 6 heteroatoms. The second-order valence-electron chi connectivity index (χ2n) is 2.78. The average Bonchev–Trinajstić information content (AvgIpc) is 2.29. The van der Waals surface area contributed by atoms with Crippen molar-refractivity contribution in [1.29, 1.82) is 0 Å². The molecule has 0 fully saturated rings. The van der Waals surface area contributed by atoms with Gasteiger partial charge < -0.3 is 20.1 Å². The van der Waals surface area contributed by atoms with Gasteiger partial charge in [-0.05, 0) is 24.4 Å². The molecular formula is C10H12N2O3S. The van der Waals surface area contributed by atoms with Crippen LogP contribution in [0.2, 0.25) is 0 Å². The molecule has 2 N–H and O–H groups in total. The zero-order valence-electron chi connectivity index (χ0n) is 8.94. The molecule has 0 spiro atoms. The predicted octanol–water partition coefficient (Wildman–Crippen LogP) is 1.75. The van der Waals surface area contributed by atoms with Gasteiger partial charge in [-0.3, -0.25) is 0 Å². The summed E-state index contributed by atoms with van der Waals surface area (Å²) in [6.07, 6.45) is -0.522. The summed E-state index contributed by atoms with van der Waals surface area (Å²) >= 11 is 4.84. The first-order valence-electron chi connectivity index (χ1n) is 4.50. The van der Waals surface area contributed by atoms with Crippen molar-refractivity contribution in [3.63, 3.8) is 0 Å². The second kappa shape index (κ2) is 5.92. The number of methoxy groups -OCH3 is 1. The van der Waals surface area contributed by atoms with Gasteiger partial charge in [0.1, 0.15) is 5.75 Å². The number of amides is 1. The van der Waals surface area contributed by atoms with Crippen LogP contribution in [0.5, 0.6) is 5.75 Å². The Morgan fingerprint density at radius 2 is 2.19 bits per heavy atom. The number of ether oxygens (including phenoxy) is 2. The molecular weight excluding hydrogens is 228 g/mol. The van der Waals surface area contributed by atoms with E-state index in [9.17, 15) is 4.79 Å². The Morgan fingerprint density at radius 3 is 2.81 bits per heavy atom. The molecule has 1 amide bonds. The van der Waals surface area contributed by atoms with Crippen LogP contribution in [-0.2, 0) is 4.74 Å². The van der Waals surface area contributed by atoms with Crippen molar-refractivity contribution in [2.45, 2.75) is 0 Å². The summed E-state index contributed by atoms with van der Waals surface area (Å²) in [7, 11) is 2.96. The molecule has 5 nitrogen and oxygen atoms in total. The summed E-state index contributed by atoms with van der Waals surface area (Å²) in [5.41, 5.74) is 0.688. The van der Waals surface area contributed by atoms with Gasteiger partial charge in [-0.1, -0.05) is 6.07 Å². The van der Waals surface area contributed by atoms with Crippen LogP contribution < -0.4 is 15.4 Å². The monoisotopic (exact) mass is 240 g/mol. The van der Waals surface area contributed by atoms with Crippen molar-refractivity contribution in [2.75, 3.05) is 19.5 Å². The fraction of sp³-hybridized carbons (Fsp3) is 0.200. The van der Waals surface area contributed by atoms with E-state index in [1.807, 2.05) is 0 Å². The normalized spacial score (nSPS) is 9.12. The smallest absolute Gasteiger partial charge is 0.412 e. The molecule has 1 aromatic carbocycles. The maximum absolute atomic E-state index is 11.0. The standard InChI is InChI=1S/C10H12N2O3S/c1-11-9(13)15-8-5-3-4-7(6-8)12-10(16)14-2/h3-6H,1-2H3,(H,11,13)(H,12,16). The lowest BCUT2D eigenvalue weighted by molar-refractivity contribution is 0.203. The molecule has 16 heavy (non-hydrogen) atoms. The van der Waals surface area contributed by atoms with Gasteiger partial charge in [0, 0.05) is 18.8 Å². The van der Waals surface area contributed by atoms with E-state index in [2.05, 4.69) is 10.6 Å². The fourth-order valence-electron chi connectivity index (χ4n) is 0.964. The van der Waals surface area contributed by atoms with Crippen molar-refractivity contribution in [1.82, 2.24) is 5.32 Å². The molecule has 0 saturated heterocycles. The molecule has 0 aliphatic rings. The summed E-state index contributed by atoms with van der Waals surface area (Å²) < 4.78 is 9.74. The van der Waals surface area contributed by atoms with Crippen molar-refractivity contribution in [3.05, 3.63) is 24.3 Å². The van der Waals surface area contributed by atoms with E-state index in [0.717, 1.165) is 0 Å². The number of carbonyl (C=O) groups excluding carboxylic acids is 1. The minimum absolute atomic E-state index is 0.247. The summed E-state index contributed by atoms with van der Waals surface area (Å²) in [6.45, 7) is 0. The third-order valence-electron chi connectivity index (χ3n) is 1.68. The number of thiocarbonyl (C=S) groups is 1. The predicted molar refractivity (Wildman–Crippen MR) is 64.8 cm³/mol. The van der Waals surface area contributed by atoms with Gasteiger partial charge in [-0.25, -0.2) is 4.79 Å². The number of rotatable bonds is 2. The lowest BCUT2D eigenvalue weighted by Gasteiger charge is -2.08. The Labute approximate surface area is 98.7 Å². The molecule has 0 atom stereocenters. The van der Waals surface area contributed by atoms with Crippen molar-refractivity contribution in [2.24, 2.45) is 0 Å². The van der Waals surface area contributed by atoms with Gasteiger partial charge in [0.15, 0.2) is 0 Å². The van der Waals surface area contributed by atoms with E-state index in [0.29, 0.717) is 11.4 Å². The van der Waals surface area contributed by atoms with Crippen LogP contribution in [0, 0.1) is 0 Å². The first-order valence-corrected chi connectivity index (χ1v) is 4.91.